The van der Waals surface area contributed by atoms with E-state index in [1.165, 1.54) is 10.8 Å². The highest BCUT2D eigenvalue weighted by molar-refractivity contribution is 7.10. The summed E-state index contributed by atoms with van der Waals surface area (Å²) in [5.74, 6) is 0.0700. The fourth-order valence-electron chi connectivity index (χ4n) is 2.18. The Balaban J connectivity index is 1.63. The third kappa shape index (κ3) is 3.06. The fourth-order valence-corrected chi connectivity index (χ4v) is 2.89. The first-order valence-electron chi connectivity index (χ1n) is 6.58. The molecule has 1 aromatic heterocycles. The topological polar surface area (TPSA) is 29.1 Å². The number of nitrogens with one attached hydrogen (secondary N) is 1. The second-order valence-corrected chi connectivity index (χ2v) is 5.75. The summed E-state index contributed by atoms with van der Waals surface area (Å²) in [4.78, 5) is 12.9. The molecule has 2 nitrogen and oxygen atoms in total. The Hall–Kier alpha value is -2.13. The molecular formula is C17H15NOS. The van der Waals surface area contributed by atoms with Crippen LogP contribution in [0, 0.1) is 0 Å². The molecule has 0 aliphatic heterocycles. The third-order valence-corrected chi connectivity index (χ3v) is 4.09. The van der Waals surface area contributed by atoms with Gasteiger partial charge < -0.3 is 5.32 Å². The van der Waals surface area contributed by atoms with Crippen molar-refractivity contribution >= 4 is 28.0 Å². The lowest BCUT2D eigenvalue weighted by Gasteiger charge is -2.06. The molecule has 2 aromatic carbocycles. The minimum atomic E-state index is 0.0700. The number of hydrogen-bond acceptors (Lipinski definition) is 2. The van der Waals surface area contributed by atoms with Crippen LogP contribution in [0.2, 0.25) is 0 Å². The highest BCUT2D eigenvalue weighted by atomic mass is 32.1. The minimum Gasteiger partial charge on any atom is -0.352 e. The van der Waals surface area contributed by atoms with Gasteiger partial charge in [-0.2, -0.15) is 0 Å². The first kappa shape index (κ1) is 12.9. The second-order valence-electron chi connectivity index (χ2n) is 4.71. The summed E-state index contributed by atoms with van der Waals surface area (Å²) in [6.07, 6.45) is 0.464. The lowest BCUT2D eigenvalue weighted by atomic mass is 10.1. The van der Waals surface area contributed by atoms with Gasteiger partial charge in [0.25, 0.3) is 0 Å². The monoisotopic (exact) mass is 281 g/mol. The Bertz CT molecular complexity index is 719. The largest absolute Gasteiger partial charge is 0.352 e. The van der Waals surface area contributed by atoms with E-state index in [1.807, 2.05) is 29.6 Å². The van der Waals surface area contributed by atoms with E-state index < -0.39 is 0 Å². The van der Waals surface area contributed by atoms with E-state index in [0.29, 0.717) is 13.0 Å². The van der Waals surface area contributed by atoms with Crippen molar-refractivity contribution in [3.05, 3.63) is 70.4 Å². The van der Waals surface area contributed by atoms with Gasteiger partial charge in [0.2, 0.25) is 5.91 Å². The van der Waals surface area contributed by atoms with Gasteiger partial charge in [-0.15, -0.1) is 11.3 Å². The lowest BCUT2D eigenvalue weighted by molar-refractivity contribution is -0.120. The summed E-state index contributed by atoms with van der Waals surface area (Å²) < 4.78 is 0. The molecule has 1 N–H and O–H groups in total. The molecule has 0 radical (unpaired) electrons. The van der Waals surface area contributed by atoms with Crippen LogP contribution >= 0.6 is 11.3 Å². The number of thiophene rings is 1. The highest BCUT2D eigenvalue weighted by Gasteiger charge is 2.04. The van der Waals surface area contributed by atoms with Gasteiger partial charge in [0.1, 0.15) is 0 Å². The molecular weight excluding hydrogens is 266 g/mol. The van der Waals surface area contributed by atoms with Gasteiger partial charge in [0, 0.05) is 11.4 Å². The molecule has 1 heterocycles. The fraction of sp³-hybridized carbons (Fsp3) is 0.118. The van der Waals surface area contributed by atoms with E-state index in [-0.39, 0.29) is 5.91 Å². The van der Waals surface area contributed by atoms with Crippen molar-refractivity contribution in [2.45, 2.75) is 13.0 Å². The van der Waals surface area contributed by atoms with Crippen molar-refractivity contribution in [2.75, 3.05) is 0 Å². The molecule has 0 atom stereocenters. The molecule has 0 fully saturated rings. The summed E-state index contributed by atoms with van der Waals surface area (Å²) in [5.41, 5.74) is 1.13. The Morgan fingerprint density at radius 3 is 2.65 bits per heavy atom. The van der Waals surface area contributed by atoms with Crippen LogP contribution in [0.15, 0.2) is 60.0 Å². The van der Waals surface area contributed by atoms with Crippen LogP contribution in [0.4, 0.5) is 0 Å². The lowest BCUT2D eigenvalue weighted by Crippen LogP contribution is -2.24. The molecule has 3 aromatic rings. The molecule has 0 unspecified atom stereocenters. The van der Waals surface area contributed by atoms with Gasteiger partial charge in [0.05, 0.1) is 6.42 Å². The van der Waals surface area contributed by atoms with Crippen LogP contribution in [0.1, 0.15) is 10.4 Å². The van der Waals surface area contributed by atoms with Crippen LogP contribution in [0.3, 0.4) is 0 Å². The van der Waals surface area contributed by atoms with Crippen molar-refractivity contribution in [2.24, 2.45) is 0 Å². The number of hydrogen-bond donors (Lipinski definition) is 1. The molecule has 20 heavy (non-hydrogen) atoms. The zero-order valence-electron chi connectivity index (χ0n) is 11.0. The van der Waals surface area contributed by atoms with Gasteiger partial charge in [0.15, 0.2) is 0 Å². The molecule has 0 saturated heterocycles. The van der Waals surface area contributed by atoms with Crippen molar-refractivity contribution in [1.82, 2.24) is 5.32 Å². The molecule has 100 valence electrons. The normalized spacial score (nSPS) is 10.6. The first-order valence-corrected chi connectivity index (χ1v) is 7.46. The smallest absolute Gasteiger partial charge is 0.225 e. The Labute approximate surface area is 122 Å². The third-order valence-electron chi connectivity index (χ3n) is 3.22. The van der Waals surface area contributed by atoms with Crippen molar-refractivity contribution in [3.63, 3.8) is 0 Å². The van der Waals surface area contributed by atoms with Gasteiger partial charge in [-0.25, -0.2) is 0 Å². The van der Waals surface area contributed by atoms with Gasteiger partial charge >= 0.3 is 0 Å². The summed E-state index contributed by atoms with van der Waals surface area (Å²) in [6.45, 7) is 0.578. The maximum absolute atomic E-state index is 11.8. The summed E-state index contributed by atoms with van der Waals surface area (Å²) >= 11 is 1.61. The summed E-state index contributed by atoms with van der Waals surface area (Å²) in [5, 5.41) is 7.39. The number of carbonyl (C=O) groups excluding carboxylic acids is 1. The predicted octanol–water partition coefficient (Wildman–Crippen LogP) is 3.76. The van der Waals surface area contributed by atoms with E-state index in [4.69, 9.17) is 0 Å². The molecule has 1 amide bonds. The molecule has 0 spiro atoms. The van der Waals surface area contributed by atoms with Crippen LogP contribution in [-0.2, 0) is 17.8 Å². The van der Waals surface area contributed by atoms with E-state index in [1.54, 1.807) is 11.3 Å². The first-order chi connectivity index (χ1) is 9.81. The quantitative estimate of drug-likeness (QED) is 0.775. The number of carbonyl (C=O) groups is 1. The summed E-state index contributed by atoms with van der Waals surface area (Å²) in [7, 11) is 0. The highest BCUT2D eigenvalue weighted by Crippen LogP contribution is 2.15. The zero-order chi connectivity index (χ0) is 13.8. The molecule has 0 aliphatic rings. The Morgan fingerprint density at radius 1 is 1.00 bits per heavy atom. The Morgan fingerprint density at radius 2 is 1.85 bits per heavy atom. The minimum absolute atomic E-state index is 0.0700. The summed E-state index contributed by atoms with van der Waals surface area (Å²) in [6, 6.07) is 18.5. The average molecular weight is 281 g/mol. The number of fused-ring (bicyclic) bond motifs is 1. The van der Waals surface area contributed by atoms with Crippen LogP contribution in [0.5, 0.6) is 0 Å². The van der Waals surface area contributed by atoms with E-state index in [0.717, 1.165) is 10.4 Å². The maximum Gasteiger partial charge on any atom is 0.225 e. The van der Waals surface area contributed by atoms with Crippen LogP contribution in [-0.4, -0.2) is 5.91 Å². The molecule has 0 saturated carbocycles. The second kappa shape index (κ2) is 5.88. The van der Waals surface area contributed by atoms with Gasteiger partial charge in [-0.05, 0) is 33.8 Å². The maximum atomic E-state index is 11.8. The molecule has 3 heteroatoms. The van der Waals surface area contributed by atoms with Crippen molar-refractivity contribution < 1.29 is 4.79 Å². The number of benzene rings is 2. The number of rotatable bonds is 4. The Kier molecular flexibility index (Phi) is 3.79. The average Bonchev–Trinajstić information content (AvgIpc) is 2.98. The standard InChI is InChI=1S/C17H15NOS/c19-17(11-16-6-3-9-20-16)18-12-13-7-8-14-4-1-2-5-15(14)10-13/h1-10H,11-12H2,(H,18,19). The SMILES string of the molecule is O=C(Cc1cccs1)NCc1ccc2ccccc2c1. The van der Waals surface area contributed by atoms with Gasteiger partial charge in [-0.3, -0.25) is 4.79 Å². The van der Waals surface area contributed by atoms with Crippen molar-refractivity contribution in [3.8, 4) is 0 Å². The molecule has 0 aliphatic carbocycles. The predicted molar refractivity (Wildman–Crippen MR) is 83.8 cm³/mol. The van der Waals surface area contributed by atoms with E-state index in [2.05, 4.69) is 35.6 Å². The van der Waals surface area contributed by atoms with Gasteiger partial charge in [-0.1, -0.05) is 42.5 Å². The molecule has 0 bridgehead atoms. The molecule has 3 rings (SSSR count). The van der Waals surface area contributed by atoms with Crippen molar-refractivity contribution in [1.29, 1.82) is 0 Å². The van der Waals surface area contributed by atoms with E-state index >= 15 is 0 Å². The van der Waals surface area contributed by atoms with E-state index in [9.17, 15) is 4.79 Å². The zero-order valence-corrected chi connectivity index (χ0v) is 11.8. The number of amides is 1. The van der Waals surface area contributed by atoms with Crippen LogP contribution < -0.4 is 5.32 Å². The van der Waals surface area contributed by atoms with Crippen LogP contribution in [0.25, 0.3) is 10.8 Å².